The minimum atomic E-state index is -0.0498. The maximum atomic E-state index is 13.3. The lowest BCUT2D eigenvalue weighted by Gasteiger charge is -2.14. The fourth-order valence-corrected chi connectivity index (χ4v) is 3.98. The summed E-state index contributed by atoms with van der Waals surface area (Å²) < 4.78 is 3.69. The number of imidazole rings is 1. The largest absolute Gasteiger partial charge is 0.337 e. The van der Waals surface area contributed by atoms with Crippen molar-refractivity contribution in [3.63, 3.8) is 0 Å². The van der Waals surface area contributed by atoms with E-state index in [2.05, 4.69) is 18.8 Å². The fraction of sp³-hybridized carbons (Fsp3) is 0.190. The molecule has 27 heavy (non-hydrogen) atoms. The molecule has 2 heterocycles. The number of fused-ring (bicyclic) bond motifs is 1. The summed E-state index contributed by atoms with van der Waals surface area (Å²) in [6.07, 6.45) is 3.69. The Hall–Kier alpha value is -2.86. The molecule has 6 heteroatoms. The van der Waals surface area contributed by atoms with Crippen molar-refractivity contribution in [3.8, 4) is 5.69 Å². The van der Waals surface area contributed by atoms with Gasteiger partial charge in [0, 0.05) is 19.4 Å². The van der Waals surface area contributed by atoms with Gasteiger partial charge < -0.3 is 4.57 Å². The standard InChI is InChI=1S/C21H20N4OS/c1-14-8-9-16(12-15(14)2)25-20(26)17-6-4-5-7-18(17)23-21(25)27-13-19-22-10-11-24(19)3/h4-12H,13H2,1-3H3. The maximum Gasteiger partial charge on any atom is 0.266 e. The summed E-state index contributed by atoms with van der Waals surface area (Å²) in [5, 5.41) is 1.29. The zero-order chi connectivity index (χ0) is 19.0. The lowest BCUT2D eigenvalue weighted by molar-refractivity contribution is 0.811. The zero-order valence-electron chi connectivity index (χ0n) is 15.5. The number of hydrogen-bond donors (Lipinski definition) is 0. The first-order chi connectivity index (χ1) is 13.0. The summed E-state index contributed by atoms with van der Waals surface area (Å²) in [6.45, 7) is 4.12. The van der Waals surface area contributed by atoms with Crippen molar-refractivity contribution < 1.29 is 0 Å². The van der Waals surface area contributed by atoms with Crippen molar-refractivity contribution >= 4 is 22.7 Å². The zero-order valence-corrected chi connectivity index (χ0v) is 16.3. The Morgan fingerprint density at radius 3 is 2.63 bits per heavy atom. The molecule has 0 N–H and O–H groups in total. The van der Waals surface area contributed by atoms with Crippen LogP contribution in [0.5, 0.6) is 0 Å². The second kappa shape index (κ2) is 7.04. The molecule has 0 saturated heterocycles. The van der Waals surface area contributed by atoms with Crippen LogP contribution in [0.3, 0.4) is 0 Å². The van der Waals surface area contributed by atoms with Gasteiger partial charge in [-0.1, -0.05) is 30.0 Å². The van der Waals surface area contributed by atoms with E-state index in [0.717, 1.165) is 17.1 Å². The van der Waals surface area contributed by atoms with Crippen LogP contribution in [0.1, 0.15) is 17.0 Å². The molecule has 0 fully saturated rings. The molecule has 0 atom stereocenters. The molecule has 0 aliphatic rings. The topological polar surface area (TPSA) is 52.7 Å². The van der Waals surface area contributed by atoms with Gasteiger partial charge in [-0.15, -0.1) is 0 Å². The Labute approximate surface area is 161 Å². The summed E-state index contributed by atoms with van der Waals surface area (Å²) in [5.74, 6) is 1.58. The molecule has 5 nitrogen and oxygen atoms in total. The highest BCUT2D eigenvalue weighted by Gasteiger charge is 2.14. The fourth-order valence-electron chi connectivity index (χ4n) is 2.97. The summed E-state index contributed by atoms with van der Waals surface area (Å²) in [4.78, 5) is 22.4. The molecule has 136 valence electrons. The first-order valence-electron chi connectivity index (χ1n) is 8.73. The molecule has 0 amide bonds. The van der Waals surface area contributed by atoms with Crippen molar-refractivity contribution in [2.45, 2.75) is 24.8 Å². The van der Waals surface area contributed by atoms with Crippen LogP contribution in [-0.4, -0.2) is 19.1 Å². The number of hydrogen-bond acceptors (Lipinski definition) is 4. The van der Waals surface area contributed by atoms with Crippen molar-refractivity contribution in [3.05, 3.63) is 82.2 Å². The number of aryl methyl sites for hydroxylation is 3. The lowest BCUT2D eigenvalue weighted by Crippen LogP contribution is -2.22. The SMILES string of the molecule is Cc1ccc(-n2c(SCc3nccn3C)nc3ccccc3c2=O)cc1C. The summed E-state index contributed by atoms with van der Waals surface area (Å²) >= 11 is 1.52. The molecule has 0 radical (unpaired) electrons. The monoisotopic (exact) mass is 376 g/mol. The van der Waals surface area contributed by atoms with Crippen molar-refractivity contribution in [1.82, 2.24) is 19.1 Å². The van der Waals surface area contributed by atoms with E-state index in [1.165, 1.54) is 17.3 Å². The van der Waals surface area contributed by atoms with Crippen LogP contribution in [0.2, 0.25) is 0 Å². The first-order valence-corrected chi connectivity index (χ1v) is 9.71. The highest BCUT2D eigenvalue weighted by molar-refractivity contribution is 7.98. The van der Waals surface area contributed by atoms with Crippen molar-refractivity contribution in [2.24, 2.45) is 7.05 Å². The molecule has 0 bridgehead atoms. The van der Waals surface area contributed by atoms with Gasteiger partial charge in [0.1, 0.15) is 5.82 Å². The third-order valence-electron chi connectivity index (χ3n) is 4.74. The van der Waals surface area contributed by atoms with Gasteiger partial charge in [0.25, 0.3) is 5.56 Å². The third kappa shape index (κ3) is 3.28. The average Bonchev–Trinajstić information content (AvgIpc) is 3.07. The van der Waals surface area contributed by atoms with Gasteiger partial charge in [0.05, 0.1) is 22.3 Å². The third-order valence-corrected chi connectivity index (χ3v) is 5.68. The second-order valence-electron chi connectivity index (χ2n) is 6.56. The molecule has 0 aliphatic carbocycles. The Morgan fingerprint density at radius 1 is 1.07 bits per heavy atom. The second-order valence-corrected chi connectivity index (χ2v) is 7.51. The van der Waals surface area contributed by atoms with E-state index in [-0.39, 0.29) is 5.56 Å². The highest BCUT2D eigenvalue weighted by atomic mass is 32.2. The van der Waals surface area contributed by atoms with Crippen molar-refractivity contribution in [1.29, 1.82) is 0 Å². The predicted octanol–water partition coefficient (Wildman–Crippen LogP) is 4.03. The van der Waals surface area contributed by atoms with Crippen LogP contribution in [-0.2, 0) is 12.8 Å². The number of thioether (sulfide) groups is 1. The summed E-state index contributed by atoms with van der Waals surface area (Å²) in [7, 11) is 1.97. The van der Waals surface area contributed by atoms with E-state index in [1.54, 1.807) is 10.8 Å². The minimum Gasteiger partial charge on any atom is -0.337 e. The van der Waals surface area contributed by atoms with E-state index in [1.807, 2.05) is 60.3 Å². The smallest absolute Gasteiger partial charge is 0.266 e. The number of nitrogens with zero attached hydrogens (tertiary/aromatic N) is 4. The molecule has 0 aliphatic heterocycles. The van der Waals surface area contributed by atoms with Crippen molar-refractivity contribution in [2.75, 3.05) is 0 Å². The van der Waals surface area contributed by atoms with E-state index >= 15 is 0 Å². The number of aromatic nitrogens is 4. The van der Waals surface area contributed by atoms with Gasteiger partial charge >= 0.3 is 0 Å². The Balaban J connectivity index is 1.88. The Morgan fingerprint density at radius 2 is 1.89 bits per heavy atom. The van der Waals surface area contributed by atoms with Crippen LogP contribution in [0, 0.1) is 13.8 Å². The van der Waals surface area contributed by atoms with E-state index in [9.17, 15) is 4.79 Å². The van der Waals surface area contributed by atoms with E-state index in [4.69, 9.17) is 4.98 Å². The summed E-state index contributed by atoms with van der Waals surface area (Å²) in [5.41, 5.74) is 3.84. The van der Waals surface area contributed by atoms with E-state index < -0.39 is 0 Å². The van der Waals surface area contributed by atoms with Crippen LogP contribution in [0.4, 0.5) is 0 Å². The molecule has 2 aromatic heterocycles. The predicted molar refractivity (Wildman–Crippen MR) is 110 cm³/mol. The number of rotatable bonds is 4. The lowest BCUT2D eigenvalue weighted by atomic mass is 10.1. The van der Waals surface area contributed by atoms with E-state index in [0.29, 0.717) is 21.8 Å². The van der Waals surface area contributed by atoms with Gasteiger partial charge in [-0.2, -0.15) is 0 Å². The number of para-hydroxylation sites is 1. The van der Waals surface area contributed by atoms with Gasteiger partial charge in [-0.25, -0.2) is 9.97 Å². The quantitative estimate of drug-likeness (QED) is 0.399. The first kappa shape index (κ1) is 17.5. The highest BCUT2D eigenvalue weighted by Crippen LogP contribution is 2.25. The normalized spacial score (nSPS) is 11.2. The van der Waals surface area contributed by atoms with Gasteiger partial charge in [-0.05, 0) is 49.2 Å². The molecule has 0 spiro atoms. The molecule has 4 aromatic rings. The number of benzene rings is 2. The average molecular weight is 376 g/mol. The Bertz CT molecular complexity index is 1190. The Kier molecular flexibility index (Phi) is 4.58. The minimum absolute atomic E-state index is 0.0498. The van der Waals surface area contributed by atoms with Crippen LogP contribution < -0.4 is 5.56 Å². The molecule has 0 saturated carbocycles. The van der Waals surface area contributed by atoms with Gasteiger partial charge in [0.15, 0.2) is 5.16 Å². The maximum absolute atomic E-state index is 13.3. The van der Waals surface area contributed by atoms with Crippen LogP contribution in [0.25, 0.3) is 16.6 Å². The summed E-state index contributed by atoms with van der Waals surface area (Å²) in [6, 6.07) is 13.5. The molecular weight excluding hydrogens is 356 g/mol. The van der Waals surface area contributed by atoms with Crippen LogP contribution >= 0.6 is 11.8 Å². The van der Waals surface area contributed by atoms with Gasteiger partial charge in [0.2, 0.25) is 0 Å². The molecule has 2 aromatic carbocycles. The van der Waals surface area contributed by atoms with Crippen LogP contribution in [0.15, 0.2) is 64.8 Å². The molecule has 4 rings (SSSR count). The molecular formula is C21H20N4OS. The molecule has 0 unspecified atom stereocenters. The van der Waals surface area contributed by atoms with Gasteiger partial charge in [-0.3, -0.25) is 9.36 Å².